The van der Waals surface area contributed by atoms with E-state index in [1.54, 1.807) is 11.1 Å². The number of fused-ring (bicyclic) bond motifs is 1. The molecule has 4 N–H and O–H groups in total. The summed E-state index contributed by atoms with van der Waals surface area (Å²) in [5.74, 6) is -1.58. The highest BCUT2D eigenvalue weighted by Crippen LogP contribution is 2.52. The quantitative estimate of drug-likeness (QED) is 0.301. The van der Waals surface area contributed by atoms with Gasteiger partial charge in [0.1, 0.15) is 25.0 Å². The van der Waals surface area contributed by atoms with Crippen LogP contribution in [0.4, 0.5) is 25.0 Å². The smallest absolute Gasteiger partial charge is 0.414 e. The third-order valence-corrected chi connectivity index (χ3v) is 6.01. The summed E-state index contributed by atoms with van der Waals surface area (Å²) in [6.45, 7) is 1.84. The highest BCUT2D eigenvalue weighted by molar-refractivity contribution is 5.91. The Hall–Kier alpha value is -2.96. The van der Waals surface area contributed by atoms with E-state index in [1.165, 1.54) is 6.92 Å². The second-order valence-electron chi connectivity index (χ2n) is 8.32. The number of nitrogens with one attached hydrogen (secondary N) is 2. The number of hydrogen-bond donors (Lipinski definition) is 4. The Labute approximate surface area is 188 Å². The molecule has 0 bridgehead atoms. The lowest BCUT2D eigenvalue weighted by Crippen LogP contribution is -2.42. The van der Waals surface area contributed by atoms with Gasteiger partial charge in [-0.25, -0.2) is 13.6 Å². The third-order valence-electron chi connectivity index (χ3n) is 6.01. The highest BCUT2D eigenvalue weighted by atomic mass is 19.1. The molecule has 2 saturated heterocycles. The molecule has 2 amide bonds. The fraction of sp³-hybridized carbons (Fsp3) is 0.524. The van der Waals surface area contributed by atoms with Crippen LogP contribution in [0.3, 0.4) is 0 Å². The molecule has 3 fully saturated rings. The van der Waals surface area contributed by atoms with Gasteiger partial charge in [0.15, 0.2) is 11.6 Å². The number of carbonyl (C=O) groups is 2. The zero-order valence-electron chi connectivity index (χ0n) is 18.0. The summed E-state index contributed by atoms with van der Waals surface area (Å²) in [5, 5.41) is 20.5. The SMILES string of the molecule is CC(=O)NCC1COC(=O)N1c1cc(F)c(N2C[C@@H]3C(=CNOCC(O)CO)[C@@H]3C2)c(F)c1. The number of piperidine rings is 1. The number of carbonyl (C=O) groups excluding carboxylic acids is 2. The molecule has 4 rings (SSSR count). The van der Waals surface area contributed by atoms with Crippen molar-refractivity contribution < 1.29 is 38.2 Å². The first kappa shape index (κ1) is 23.2. The number of benzene rings is 1. The molecule has 2 unspecified atom stereocenters. The van der Waals surface area contributed by atoms with E-state index >= 15 is 0 Å². The Morgan fingerprint density at radius 3 is 2.61 bits per heavy atom. The predicted octanol–water partition coefficient (Wildman–Crippen LogP) is 0.250. The van der Waals surface area contributed by atoms with Gasteiger partial charge in [0.05, 0.1) is 18.3 Å². The van der Waals surface area contributed by atoms with Gasteiger partial charge in [-0.15, -0.1) is 0 Å². The van der Waals surface area contributed by atoms with Crippen molar-refractivity contribution in [2.75, 3.05) is 49.3 Å². The monoisotopic (exact) mass is 468 g/mol. The maximum absolute atomic E-state index is 15.0. The molecule has 3 aliphatic rings. The minimum absolute atomic E-state index is 0.00537. The van der Waals surface area contributed by atoms with Crippen molar-refractivity contribution >= 4 is 23.4 Å². The summed E-state index contributed by atoms with van der Waals surface area (Å²) in [6.07, 6.45) is -0.0294. The molecule has 1 aromatic carbocycles. The Bertz CT molecular complexity index is 924. The van der Waals surface area contributed by atoms with E-state index in [0.29, 0.717) is 13.1 Å². The van der Waals surface area contributed by atoms with Gasteiger partial charge in [-0.1, -0.05) is 0 Å². The number of cyclic esters (lactones) is 1. The van der Waals surface area contributed by atoms with E-state index in [1.807, 2.05) is 0 Å². The molecule has 180 valence electrons. The van der Waals surface area contributed by atoms with Crippen LogP contribution in [-0.2, 0) is 14.4 Å². The highest BCUT2D eigenvalue weighted by Gasteiger charge is 2.51. The van der Waals surface area contributed by atoms with Crippen LogP contribution in [0.15, 0.2) is 23.9 Å². The van der Waals surface area contributed by atoms with E-state index in [-0.39, 0.29) is 48.9 Å². The third kappa shape index (κ3) is 4.87. The number of hydrogen-bond acceptors (Lipinski definition) is 8. The molecule has 0 aromatic heterocycles. The van der Waals surface area contributed by atoms with Gasteiger partial charge in [-0.05, 0) is 5.57 Å². The molecule has 1 aromatic rings. The van der Waals surface area contributed by atoms with Crippen molar-refractivity contribution in [2.24, 2.45) is 11.8 Å². The molecule has 1 saturated carbocycles. The zero-order valence-corrected chi connectivity index (χ0v) is 18.0. The lowest BCUT2D eigenvalue weighted by molar-refractivity contribution is -0.119. The number of amides is 2. The molecule has 1 aliphatic carbocycles. The van der Waals surface area contributed by atoms with Crippen LogP contribution in [0, 0.1) is 23.5 Å². The van der Waals surface area contributed by atoms with E-state index in [0.717, 1.165) is 22.6 Å². The normalized spacial score (nSPS) is 25.8. The average molecular weight is 468 g/mol. The van der Waals surface area contributed by atoms with Crippen LogP contribution >= 0.6 is 0 Å². The number of aliphatic hydroxyl groups excluding tert-OH is 2. The topological polar surface area (TPSA) is 124 Å². The van der Waals surface area contributed by atoms with Gasteiger partial charge in [0.2, 0.25) is 5.91 Å². The predicted molar refractivity (Wildman–Crippen MR) is 112 cm³/mol. The first-order chi connectivity index (χ1) is 15.8. The number of rotatable bonds is 9. The van der Waals surface area contributed by atoms with Crippen LogP contribution < -0.4 is 20.6 Å². The van der Waals surface area contributed by atoms with Crippen molar-refractivity contribution in [2.45, 2.75) is 19.1 Å². The molecule has 0 spiro atoms. The largest absolute Gasteiger partial charge is 0.447 e. The first-order valence-electron chi connectivity index (χ1n) is 10.6. The summed E-state index contributed by atoms with van der Waals surface area (Å²) < 4.78 is 34.9. The summed E-state index contributed by atoms with van der Waals surface area (Å²) in [4.78, 5) is 31.1. The summed E-state index contributed by atoms with van der Waals surface area (Å²) in [6, 6.07) is 1.65. The van der Waals surface area contributed by atoms with Crippen LogP contribution in [-0.4, -0.2) is 73.8 Å². The summed E-state index contributed by atoms with van der Waals surface area (Å²) in [7, 11) is 0. The number of anilines is 2. The number of hydroxylamine groups is 1. The molecule has 10 nitrogen and oxygen atoms in total. The van der Waals surface area contributed by atoms with Crippen molar-refractivity contribution in [1.29, 1.82) is 0 Å². The number of aliphatic hydroxyl groups is 2. The number of nitrogens with zero attached hydrogens (tertiary/aromatic N) is 2. The summed E-state index contributed by atoms with van der Waals surface area (Å²) in [5.41, 5.74) is 3.55. The fourth-order valence-electron chi connectivity index (χ4n) is 4.30. The lowest BCUT2D eigenvalue weighted by Gasteiger charge is -2.25. The number of ether oxygens (including phenoxy) is 1. The minimum Gasteiger partial charge on any atom is -0.447 e. The minimum atomic E-state index is -0.970. The molecular formula is C21H26F2N4O6. The molecule has 2 heterocycles. The van der Waals surface area contributed by atoms with E-state index in [4.69, 9.17) is 14.7 Å². The molecule has 12 heteroatoms. The van der Waals surface area contributed by atoms with E-state index < -0.39 is 36.5 Å². The molecule has 33 heavy (non-hydrogen) atoms. The number of halogens is 2. The average Bonchev–Trinajstić information content (AvgIpc) is 3.08. The van der Waals surface area contributed by atoms with Crippen molar-refractivity contribution in [3.05, 3.63) is 35.5 Å². The Kier molecular flexibility index (Phi) is 6.68. The first-order valence-corrected chi connectivity index (χ1v) is 10.6. The Morgan fingerprint density at radius 1 is 1.33 bits per heavy atom. The standard InChI is InChI=1S/C21H26F2N4O6/c1-11(29)24-4-13-9-32-21(31)27(13)12-2-18(22)20(19(23)3-12)26-6-16-15(17(16)7-26)5-25-33-10-14(30)8-28/h2-3,5,13-14,16-17,25,28,30H,4,6-10H2,1H3,(H,24,29)/t13?,14?,16-,17+. The van der Waals surface area contributed by atoms with E-state index in [2.05, 4.69) is 10.8 Å². The van der Waals surface area contributed by atoms with Crippen molar-refractivity contribution in [1.82, 2.24) is 10.8 Å². The van der Waals surface area contributed by atoms with Crippen molar-refractivity contribution in [3.8, 4) is 0 Å². The van der Waals surface area contributed by atoms with E-state index in [9.17, 15) is 23.5 Å². The maximum Gasteiger partial charge on any atom is 0.414 e. The maximum atomic E-state index is 15.0. The second kappa shape index (κ2) is 9.49. The van der Waals surface area contributed by atoms with Gasteiger partial charge >= 0.3 is 6.09 Å². The van der Waals surface area contributed by atoms with Crippen LogP contribution in [0.1, 0.15) is 6.92 Å². The molecule has 0 radical (unpaired) electrons. The Morgan fingerprint density at radius 2 is 2.00 bits per heavy atom. The summed E-state index contributed by atoms with van der Waals surface area (Å²) >= 11 is 0. The molecule has 4 atom stereocenters. The second-order valence-corrected chi connectivity index (χ2v) is 8.32. The van der Waals surface area contributed by atoms with Gasteiger partial charge in [-0.2, -0.15) is 0 Å². The zero-order chi connectivity index (χ0) is 23.7. The van der Waals surface area contributed by atoms with Crippen LogP contribution in [0.2, 0.25) is 0 Å². The van der Waals surface area contributed by atoms with Gasteiger partial charge in [-0.3, -0.25) is 20.0 Å². The molecule has 2 aliphatic heterocycles. The van der Waals surface area contributed by atoms with Crippen molar-refractivity contribution in [3.63, 3.8) is 0 Å². The van der Waals surface area contributed by atoms with Crippen LogP contribution in [0.5, 0.6) is 0 Å². The fourth-order valence-corrected chi connectivity index (χ4v) is 4.30. The van der Waals surface area contributed by atoms with Gasteiger partial charge in [0, 0.05) is 56.7 Å². The molecular weight excluding hydrogens is 442 g/mol. The van der Waals surface area contributed by atoms with Gasteiger partial charge < -0.3 is 25.2 Å². The Balaban J connectivity index is 1.39. The van der Waals surface area contributed by atoms with Crippen LogP contribution in [0.25, 0.3) is 0 Å². The lowest BCUT2D eigenvalue weighted by atomic mass is 10.2. The van der Waals surface area contributed by atoms with Gasteiger partial charge in [0.25, 0.3) is 0 Å².